The monoisotopic (exact) mass is 794 g/mol. The number of sulfone groups is 1. The number of rotatable bonds is 13. The van der Waals surface area contributed by atoms with Gasteiger partial charge in [-0.05, 0) is 163 Å². The lowest BCUT2D eigenvalue weighted by atomic mass is 10.0. The van der Waals surface area contributed by atoms with E-state index in [2.05, 4.69) is 0 Å². The Morgan fingerprint density at radius 1 is 0.356 bits per heavy atom. The second-order valence-corrected chi connectivity index (χ2v) is 15.7. The van der Waals surface area contributed by atoms with Crippen molar-refractivity contribution in [3.63, 3.8) is 0 Å². The van der Waals surface area contributed by atoms with Crippen molar-refractivity contribution in [3.05, 3.63) is 211 Å². The van der Waals surface area contributed by atoms with Crippen molar-refractivity contribution < 1.29 is 32.2 Å². The number of aryl methyl sites for hydroxylation is 1. The van der Waals surface area contributed by atoms with E-state index in [1.807, 2.05) is 104 Å². The highest BCUT2D eigenvalue weighted by molar-refractivity contribution is 7.91. The van der Waals surface area contributed by atoms with Crippen molar-refractivity contribution >= 4 is 15.6 Å². The third kappa shape index (κ3) is 9.09. The van der Waals surface area contributed by atoms with Gasteiger partial charge in [-0.25, -0.2) is 8.42 Å². The summed E-state index contributed by atoms with van der Waals surface area (Å²) in [5.74, 6) is 4.47. The highest BCUT2D eigenvalue weighted by Crippen LogP contribution is 2.31. The molecule has 0 atom stereocenters. The zero-order valence-corrected chi connectivity index (χ0v) is 33.1. The SMILES string of the molecule is COc1ccc(-c2ccc(Oc3ccc(C(=O)c4ccc(Oc5ccc(-c6ccc(Oc7ccc(S(=O)(=O)c8ccc(C)cc8)cc7)cc6)cc5)cc4)cc3)cc2)cc1. The number of ether oxygens (including phenoxy) is 4. The first-order chi connectivity index (χ1) is 28.7. The fourth-order valence-corrected chi connectivity index (χ4v) is 7.65. The summed E-state index contributed by atoms with van der Waals surface area (Å²) in [4.78, 5) is 13.7. The zero-order chi connectivity index (χ0) is 40.8. The molecular weight excluding hydrogens is 757 g/mol. The van der Waals surface area contributed by atoms with Crippen molar-refractivity contribution in [2.45, 2.75) is 16.7 Å². The molecule has 0 bridgehead atoms. The average molecular weight is 795 g/mol. The molecule has 59 heavy (non-hydrogen) atoms. The van der Waals surface area contributed by atoms with Gasteiger partial charge in [0.2, 0.25) is 9.84 Å². The normalized spacial score (nSPS) is 11.1. The highest BCUT2D eigenvalue weighted by atomic mass is 32.2. The Morgan fingerprint density at radius 2 is 0.610 bits per heavy atom. The molecule has 0 amide bonds. The van der Waals surface area contributed by atoms with Gasteiger partial charge in [0.05, 0.1) is 16.9 Å². The Labute approximate surface area is 343 Å². The van der Waals surface area contributed by atoms with Crippen LogP contribution in [-0.4, -0.2) is 21.3 Å². The zero-order valence-electron chi connectivity index (χ0n) is 32.2. The lowest BCUT2D eigenvalue weighted by Gasteiger charge is -2.10. The predicted molar refractivity (Wildman–Crippen MR) is 230 cm³/mol. The van der Waals surface area contributed by atoms with E-state index in [9.17, 15) is 13.2 Å². The van der Waals surface area contributed by atoms with E-state index in [0.29, 0.717) is 45.6 Å². The molecule has 0 N–H and O–H groups in total. The largest absolute Gasteiger partial charge is 0.497 e. The maximum Gasteiger partial charge on any atom is 0.206 e. The minimum Gasteiger partial charge on any atom is -0.497 e. The lowest BCUT2D eigenvalue weighted by molar-refractivity contribution is 0.103. The Kier molecular flexibility index (Phi) is 11.1. The van der Waals surface area contributed by atoms with Gasteiger partial charge in [0.1, 0.15) is 40.2 Å². The third-order valence-electron chi connectivity index (χ3n) is 9.73. The molecule has 8 aromatic rings. The summed E-state index contributed by atoms with van der Waals surface area (Å²) >= 11 is 0. The van der Waals surface area contributed by atoms with Gasteiger partial charge in [-0.3, -0.25) is 4.79 Å². The second kappa shape index (κ2) is 17.0. The number of carbonyl (C=O) groups is 1. The number of benzene rings is 8. The summed E-state index contributed by atoms with van der Waals surface area (Å²) in [6, 6.07) is 58.5. The molecule has 7 nitrogen and oxygen atoms in total. The second-order valence-electron chi connectivity index (χ2n) is 13.8. The maximum atomic E-state index is 13.3. The molecule has 0 aliphatic heterocycles. The van der Waals surface area contributed by atoms with Crippen LogP contribution in [0.4, 0.5) is 0 Å². The van der Waals surface area contributed by atoms with E-state index in [-0.39, 0.29) is 15.6 Å². The Bertz CT molecular complexity index is 2780. The molecule has 0 aliphatic rings. The smallest absolute Gasteiger partial charge is 0.206 e. The molecule has 0 aliphatic carbocycles. The fourth-order valence-electron chi connectivity index (χ4n) is 6.39. The topological polar surface area (TPSA) is 88.1 Å². The van der Waals surface area contributed by atoms with E-state index in [1.54, 1.807) is 104 Å². The molecule has 0 heterocycles. The van der Waals surface area contributed by atoms with E-state index >= 15 is 0 Å². The Morgan fingerprint density at radius 3 is 0.915 bits per heavy atom. The average Bonchev–Trinajstić information content (AvgIpc) is 3.28. The number of carbonyl (C=O) groups excluding carboxylic acids is 1. The molecule has 8 rings (SSSR count). The summed E-state index contributed by atoms with van der Waals surface area (Å²) in [5, 5.41) is 0. The Hall–Kier alpha value is -7.42. The number of methoxy groups -OCH3 is 1. The molecule has 8 heteroatoms. The summed E-state index contributed by atoms with van der Waals surface area (Å²) < 4.78 is 49.3. The van der Waals surface area contributed by atoms with Crippen LogP contribution >= 0.6 is 0 Å². The van der Waals surface area contributed by atoms with Gasteiger partial charge in [0.25, 0.3) is 0 Å². The van der Waals surface area contributed by atoms with Crippen LogP contribution in [0.25, 0.3) is 22.3 Å². The molecular formula is C51H38O7S. The van der Waals surface area contributed by atoms with E-state index in [0.717, 1.165) is 33.6 Å². The standard InChI is InChI=1S/C51H38O7S/c1-35-3-31-49(32-4-35)59(53,54)50-33-29-48(30-34-50)58-45-23-11-39(12-24-45)38-9-21-44(22-10-38)57-47-27-15-41(16-28-47)51(52)40-13-25-46(26-14-40)56-43-19-7-37(8-20-43)36-5-17-42(55-2)18-6-36/h3-34H,1-2H3. The fraction of sp³-hybridized carbons (Fsp3) is 0.0392. The summed E-state index contributed by atoms with van der Waals surface area (Å²) in [6.45, 7) is 1.92. The molecule has 0 aromatic heterocycles. The first-order valence-electron chi connectivity index (χ1n) is 18.9. The van der Waals surface area contributed by atoms with Gasteiger partial charge in [-0.2, -0.15) is 0 Å². The van der Waals surface area contributed by atoms with Crippen LogP contribution in [0, 0.1) is 6.92 Å². The van der Waals surface area contributed by atoms with E-state index < -0.39 is 9.84 Å². The van der Waals surface area contributed by atoms with Crippen LogP contribution in [0.3, 0.4) is 0 Å². The van der Waals surface area contributed by atoms with Crippen molar-refractivity contribution in [1.82, 2.24) is 0 Å². The van der Waals surface area contributed by atoms with Gasteiger partial charge >= 0.3 is 0 Å². The van der Waals surface area contributed by atoms with Gasteiger partial charge in [0.15, 0.2) is 5.78 Å². The van der Waals surface area contributed by atoms with Gasteiger partial charge in [-0.15, -0.1) is 0 Å². The van der Waals surface area contributed by atoms with Crippen molar-refractivity contribution in [2.24, 2.45) is 0 Å². The molecule has 0 saturated heterocycles. The number of hydrogen-bond donors (Lipinski definition) is 0. The minimum absolute atomic E-state index is 0.102. The summed E-state index contributed by atoms with van der Waals surface area (Å²) in [7, 11) is -1.96. The quantitative estimate of drug-likeness (QED) is 0.107. The molecule has 0 spiro atoms. The van der Waals surface area contributed by atoms with Crippen molar-refractivity contribution in [3.8, 4) is 62.5 Å². The van der Waals surface area contributed by atoms with E-state index in [4.69, 9.17) is 18.9 Å². The lowest BCUT2D eigenvalue weighted by Crippen LogP contribution is -2.01. The molecule has 0 fully saturated rings. The van der Waals surface area contributed by atoms with Crippen LogP contribution in [0.1, 0.15) is 21.5 Å². The van der Waals surface area contributed by atoms with Crippen LogP contribution < -0.4 is 18.9 Å². The summed E-state index contributed by atoms with van der Waals surface area (Å²) in [6.07, 6.45) is 0. The van der Waals surface area contributed by atoms with E-state index in [1.165, 1.54) is 0 Å². The predicted octanol–water partition coefficient (Wildman–Crippen LogP) is 12.8. The van der Waals surface area contributed by atoms with Gasteiger partial charge in [-0.1, -0.05) is 66.2 Å². The molecule has 0 unspecified atom stereocenters. The maximum absolute atomic E-state index is 13.3. The molecule has 8 aromatic carbocycles. The molecule has 0 radical (unpaired) electrons. The minimum atomic E-state index is -3.61. The van der Waals surface area contributed by atoms with Crippen LogP contribution in [0.15, 0.2) is 204 Å². The molecule has 290 valence electrons. The Balaban J connectivity index is 0.828. The van der Waals surface area contributed by atoms with Crippen LogP contribution in [-0.2, 0) is 9.84 Å². The van der Waals surface area contributed by atoms with Crippen LogP contribution in [0.2, 0.25) is 0 Å². The van der Waals surface area contributed by atoms with Crippen LogP contribution in [0.5, 0.6) is 40.2 Å². The van der Waals surface area contributed by atoms with Gasteiger partial charge < -0.3 is 18.9 Å². The summed E-state index contributed by atoms with van der Waals surface area (Å²) in [5.41, 5.74) is 6.23. The molecule has 0 saturated carbocycles. The first kappa shape index (κ1) is 38.5. The third-order valence-corrected chi connectivity index (χ3v) is 11.5. The van der Waals surface area contributed by atoms with Gasteiger partial charge in [0, 0.05) is 11.1 Å². The number of ketones is 1. The first-order valence-corrected chi connectivity index (χ1v) is 20.3. The van der Waals surface area contributed by atoms with Crippen molar-refractivity contribution in [1.29, 1.82) is 0 Å². The van der Waals surface area contributed by atoms with Crippen molar-refractivity contribution in [2.75, 3.05) is 7.11 Å². The number of hydrogen-bond acceptors (Lipinski definition) is 7. The highest BCUT2D eigenvalue weighted by Gasteiger charge is 2.17.